The summed E-state index contributed by atoms with van der Waals surface area (Å²) in [4.78, 5) is 21.1. The van der Waals surface area contributed by atoms with Gasteiger partial charge in [-0.25, -0.2) is 4.79 Å². The van der Waals surface area contributed by atoms with Crippen LogP contribution in [0.3, 0.4) is 0 Å². The monoisotopic (exact) mass is 567 g/mol. The molecule has 188 valence electrons. The lowest BCUT2D eigenvalue weighted by Crippen LogP contribution is -2.52. The van der Waals surface area contributed by atoms with Crippen molar-refractivity contribution in [2.45, 2.75) is 84.0 Å². The Hall–Kier alpha value is -0.810. The van der Waals surface area contributed by atoms with Crippen molar-refractivity contribution < 1.29 is 14.3 Å². The zero-order valence-corrected chi connectivity index (χ0v) is 23.2. The summed E-state index contributed by atoms with van der Waals surface area (Å²) >= 11 is 0. The number of alkyl carbamates (subject to hydrolysis) is 1. The smallest absolute Gasteiger partial charge is 0.407 e. The van der Waals surface area contributed by atoms with Crippen molar-refractivity contribution in [2.75, 3.05) is 52.9 Å². The molecule has 0 radical (unpaired) electrons. The first-order chi connectivity index (χ1) is 14.8. The number of halogens is 1. The summed E-state index contributed by atoms with van der Waals surface area (Å²) in [5.41, 5.74) is -0.462. The van der Waals surface area contributed by atoms with Gasteiger partial charge in [0.25, 0.3) is 0 Å². The summed E-state index contributed by atoms with van der Waals surface area (Å²) in [5.74, 6) is 1.02. The van der Waals surface area contributed by atoms with Gasteiger partial charge in [0.2, 0.25) is 0 Å². The normalized spacial score (nSPS) is 21.1. The van der Waals surface area contributed by atoms with E-state index in [-0.39, 0.29) is 36.2 Å². The molecule has 0 aliphatic carbocycles. The van der Waals surface area contributed by atoms with Gasteiger partial charge in [-0.2, -0.15) is 0 Å². The SMILES string of the molecule is CCN1CCCCC1CNC(=NC)N1CCC(OCCCNC(=O)OC(C)(C)C)CC1.I. The molecule has 2 N–H and O–H groups in total. The Bertz CT molecular complexity index is 562. The Labute approximate surface area is 212 Å². The van der Waals surface area contributed by atoms with E-state index in [0.29, 0.717) is 19.2 Å². The summed E-state index contributed by atoms with van der Waals surface area (Å²) in [5, 5.41) is 6.39. The average Bonchev–Trinajstić information content (AvgIpc) is 2.74. The van der Waals surface area contributed by atoms with Crippen LogP contribution < -0.4 is 10.6 Å². The molecule has 32 heavy (non-hydrogen) atoms. The van der Waals surface area contributed by atoms with Crippen LogP contribution in [0.5, 0.6) is 0 Å². The number of guanidine groups is 1. The molecule has 9 heteroatoms. The molecule has 0 aromatic heterocycles. The third kappa shape index (κ3) is 10.9. The van der Waals surface area contributed by atoms with Gasteiger partial charge in [0.05, 0.1) is 6.10 Å². The van der Waals surface area contributed by atoms with E-state index >= 15 is 0 Å². The number of likely N-dealkylation sites (tertiary alicyclic amines) is 2. The van der Waals surface area contributed by atoms with Crippen LogP contribution in [0.15, 0.2) is 4.99 Å². The fourth-order valence-corrected chi connectivity index (χ4v) is 4.31. The summed E-state index contributed by atoms with van der Waals surface area (Å²) in [6, 6.07) is 0.616. The highest BCUT2D eigenvalue weighted by Crippen LogP contribution is 2.17. The van der Waals surface area contributed by atoms with E-state index in [9.17, 15) is 4.79 Å². The molecular weight excluding hydrogens is 521 g/mol. The summed E-state index contributed by atoms with van der Waals surface area (Å²) < 4.78 is 11.3. The van der Waals surface area contributed by atoms with Crippen molar-refractivity contribution in [2.24, 2.45) is 4.99 Å². The van der Waals surface area contributed by atoms with Crippen molar-refractivity contribution in [3.63, 3.8) is 0 Å². The van der Waals surface area contributed by atoms with Crippen LogP contribution in [0, 0.1) is 0 Å². The zero-order valence-electron chi connectivity index (χ0n) is 20.8. The summed E-state index contributed by atoms with van der Waals surface area (Å²) in [6.45, 7) is 14.3. The second-order valence-corrected chi connectivity index (χ2v) is 9.55. The average molecular weight is 568 g/mol. The number of amides is 1. The van der Waals surface area contributed by atoms with Crippen molar-refractivity contribution in [1.29, 1.82) is 0 Å². The van der Waals surface area contributed by atoms with E-state index in [1.165, 1.54) is 25.8 Å². The maximum Gasteiger partial charge on any atom is 0.407 e. The van der Waals surface area contributed by atoms with Crippen LogP contribution in [0.2, 0.25) is 0 Å². The highest BCUT2D eigenvalue weighted by molar-refractivity contribution is 14.0. The van der Waals surface area contributed by atoms with Crippen LogP contribution in [0.1, 0.15) is 66.2 Å². The van der Waals surface area contributed by atoms with Crippen molar-refractivity contribution in [3.05, 3.63) is 0 Å². The van der Waals surface area contributed by atoms with Gasteiger partial charge in [0.15, 0.2) is 5.96 Å². The van der Waals surface area contributed by atoms with Gasteiger partial charge >= 0.3 is 6.09 Å². The first kappa shape index (κ1) is 29.2. The summed E-state index contributed by atoms with van der Waals surface area (Å²) in [7, 11) is 1.88. The number of hydrogen-bond donors (Lipinski definition) is 2. The van der Waals surface area contributed by atoms with E-state index in [1.807, 2.05) is 27.8 Å². The number of likely N-dealkylation sites (N-methyl/N-ethyl adjacent to an activating group) is 1. The van der Waals surface area contributed by atoms with Crippen molar-refractivity contribution in [1.82, 2.24) is 20.4 Å². The number of carbonyl (C=O) groups excluding carboxylic acids is 1. The van der Waals surface area contributed by atoms with Gasteiger partial charge in [0, 0.05) is 45.9 Å². The number of nitrogens with one attached hydrogen (secondary N) is 2. The molecule has 0 bridgehead atoms. The van der Waals surface area contributed by atoms with Gasteiger partial charge in [-0.3, -0.25) is 9.89 Å². The molecule has 2 aliphatic heterocycles. The molecule has 0 saturated carbocycles. The highest BCUT2D eigenvalue weighted by atomic mass is 127. The second kappa shape index (κ2) is 15.2. The van der Waals surface area contributed by atoms with Crippen LogP contribution in [-0.4, -0.2) is 92.5 Å². The van der Waals surface area contributed by atoms with E-state index in [2.05, 4.69) is 32.3 Å². The highest BCUT2D eigenvalue weighted by Gasteiger charge is 2.24. The van der Waals surface area contributed by atoms with Gasteiger partial charge in [-0.1, -0.05) is 13.3 Å². The minimum Gasteiger partial charge on any atom is -0.444 e. The number of carbonyl (C=O) groups is 1. The van der Waals surface area contributed by atoms with Gasteiger partial charge in [-0.05, 0) is 66.0 Å². The lowest BCUT2D eigenvalue weighted by atomic mass is 10.0. The Morgan fingerprint density at radius 1 is 1.09 bits per heavy atom. The van der Waals surface area contributed by atoms with Crippen molar-refractivity contribution >= 4 is 36.0 Å². The molecular formula is C23H46IN5O3. The predicted molar refractivity (Wildman–Crippen MR) is 141 cm³/mol. The topological polar surface area (TPSA) is 78.4 Å². The van der Waals surface area contributed by atoms with Crippen LogP contribution in [0.4, 0.5) is 4.79 Å². The molecule has 2 rings (SSSR count). The number of nitrogens with zero attached hydrogens (tertiary/aromatic N) is 3. The molecule has 2 saturated heterocycles. The Kier molecular flexibility index (Phi) is 13.8. The summed E-state index contributed by atoms with van der Waals surface area (Å²) in [6.07, 6.45) is 6.64. The van der Waals surface area contributed by atoms with Crippen LogP contribution in [-0.2, 0) is 9.47 Å². The largest absolute Gasteiger partial charge is 0.444 e. The second-order valence-electron chi connectivity index (χ2n) is 9.55. The Morgan fingerprint density at radius 3 is 2.44 bits per heavy atom. The molecule has 2 aliphatic rings. The number of rotatable bonds is 8. The fourth-order valence-electron chi connectivity index (χ4n) is 4.31. The first-order valence-electron chi connectivity index (χ1n) is 12.1. The maximum absolute atomic E-state index is 11.6. The minimum atomic E-state index is -0.462. The number of hydrogen-bond acceptors (Lipinski definition) is 5. The third-order valence-corrected chi connectivity index (χ3v) is 5.95. The predicted octanol–water partition coefficient (Wildman–Crippen LogP) is 3.45. The fraction of sp³-hybridized carbons (Fsp3) is 0.913. The quantitative estimate of drug-likeness (QED) is 0.203. The molecule has 2 fully saturated rings. The van der Waals surface area contributed by atoms with Crippen LogP contribution in [0.25, 0.3) is 0 Å². The Morgan fingerprint density at radius 2 is 1.81 bits per heavy atom. The number of piperidine rings is 2. The van der Waals surface area contributed by atoms with E-state index in [4.69, 9.17) is 9.47 Å². The van der Waals surface area contributed by atoms with Gasteiger partial charge in [-0.15, -0.1) is 24.0 Å². The van der Waals surface area contributed by atoms with Gasteiger partial charge < -0.3 is 25.0 Å². The molecule has 0 aromatic rings. The maximum atomic E-state index is 11.6. The van der Waals surface area contributed by atoms with E-state index < -0.39 is 5.60 Å². The molecule has 1 unspecified atom stereocenters. The van der Waals surface area contributed by atoms with Gasteiger partial charge in [0.1, 0.15) is 5.60 Å². The van der Waals surface area contributed by atoms with Crippen LogP contribution >= 0.6 is 24.0 Å². The molecule has 1 amide bonds. The van der Waals surface area contributed by atoms with E-state index in [1.54, 1.807) is 0 Å². The number of aliphatic imine (C=N–C) groups is 1. The first-order valence-corrected chi connectivity index (χ1v) is 12.1. The third-order valence-electron chi connectivity index (χ3n) is 5.95. The number of ether oxygens (including phenoxy) is 2. The lowest BCUT2D eigenvalue weighted by molar-refractivity contribution is 0.0169. The van der Waals surface area contributed by atoms with E-state index in [0.717, 1.165) is 51.4 Å². The minimum absolute atomic E-state index is 0. The molecule has 1 atom stereocenters. The molecule has 8 nitrogen and oxygen atoms in total. The Balaban J connectivity index is 0.00000512. The lowest BCUT2D eigenvalue weighted by Gasteiger charge is -2.37. The molecule has 2 heterocycles. The van der Waals surface area contributed by atoms with Crippen molar-refractivity contribution in [3.8, 4) is 0 Å². The molecule has 0 spiro atoms. The standard InChI is InChI=1S/C23H45N5O3.HI/c1-6-27-14-8-7-10-19(27)18-26-21(24-5)28-15-11-20(12-16-28)30-17-9-13-25-22(29)31-23(2,3)4;/h19-20H,6-18H2,1-5H3,(H,24,26)(H,25,29);1H. The zero-order chi connectivity index (χ0) is 22.7. The molecule has 0 aromatic carbocycles.